The van der Waals surface area contributed by atoms with Crippen molar-refractivity contribution in [3.63, 3.8) is 0 Å². The van der Waals surface area contributed by atoms with Crippen molar-refractivity contribution in [3.05, 3.63) is 75.7 Å². The van der Waals surface area contributed by atoms with Crippen molar-refractivity contribution in [2.24, 2.45) is 0 Å². The minimum Gasteiger partial charge on any atom is -0.493 e. The first-order valence-electron chi connectivity index (χ1n) is 9.25. The van der Waals surface area contributed by atoms with Gasteiger partial charge in [0.25, 0.3) is 5.56 Å². The average Bonchev–Trinajstić information content (AvgIpc) is 2.71. The van der Waals surface area contributed by atoms with Crippen LogP contribution in [0.1, 0.15) is 19.4 Å². The summed E-state index contributed by atoms with van der Waals surface area (Å²) in [6, 6.07) is 14.2. The van der Waals surface area contributed by atoms with Crippen LogP contribution in [0.25, 0.3) is 5.69 Å². The van der Waals surface area contributed by atoms with E-state index < -0.39 is 5.60 Å². The number of hydrogen-bond donors (Lipinski definition) is 1. The highest BCUT2D eigenvalue weighted by atomic mass is 35.5. The topological polar surface area (TPSA) is 73.6 Å². The molecule has 0 saturated heterocycles. The second-order valence-corrected chi connectivity index (χ2v) is 8.78. The van der Waals surface area contributed by atoms with Crippen LogP contribution in [0.2, 0.25) is 5.02 Å². The zero-order chi connectivity index (χ0) is 21.7. The molecule has 1 N–H and O–H groups in total. The van der Waals surface area contributed by atoms with E-state index in [1.807, 2.05) is 24.3 Å². The first-order chi connectivity index (χ1) is 14.2. The number of nitrogens with zero attached hydrogens (tertiary/aromatic N) is 2. The van der Waals surface area contributed by atoms with Crippen molar-refractivity contribution < 1.29 is 14.6 Å². The number of rotatable bonds is 8. The molecule has 0 fully saturated rings. The second kappa shape index (κ2) is 9.55. The van der Waals surface area contributed by atoms with Gasteiger partial charge in [-0.15, -0.1) is 11.8 Å². The lowest BCUT2D eigenvalue weighted by Crippen LogP contribution is -2.28. The highest BCUT2D eigenvalue weighted by Gasteiger charge is 2.16. The van der Waals surface area contributed by atoms with Gasteiger partial charge in [-0.3, -0.25) is 4.79 Å². The molecule has 8 heteroatoms. The number of benzene rings is 2. The number of halogens is 1. The Kier molecular flexibility index (Phi) is 7.07. The standard InChI is InChI=1S/C22H23ClN2O4S/c1-22(2,27)14-29-19-9-8-17(10-20(19)28-3)25-21(26)11-18(12-24-25)30-13-15-4-6-16(23)7-5-15/h4-12,27H,13-14H2,1-3H3. The Labute approximate surface area is 184 Å². The number of ether oxygens (including phenoxy) is 2. The van der Waals surface area contributed by atoms with Gasteiger partial charge in [-0.2, -0.15) is 9.78 Å². The molecular formula is C22H23ClN2O4S. The Balaban J connectivity index is 1.75. The van der Waals surface area contributed by atoms with Crippen molar-refractivity contribution in [1.29, 1.82) is 0 Å². The maximum Gasteiger partial charge on any atom is 0.272 e. The smallest absolute Gasteiger partial charge is 0.272 e. The predicted molar refractivity (Wildman–Crippen MR) is 119 cm³/mol. The van der Waals surface area contributed by atoms with Crippen LogP contribution < -0.4 is 15.0 Å². The van der Waals surface area contributed by atoms with E-state index >= 15 is 0 Å². The van der Waals surface area contributed by atoms with Crippen LogP contribution in [-0.4, -0.2) is 34.2 Å². The summed E-state index contributed by atoms with van der Waals surface area (Å²) in [5, 5.41) is 14.8. The number of hydrogen-bond acceptors (Lipinski definition) is 6. The van der Waals surface area contributed by atoms with Gasteiger partial charge in [0.2, 0.25) is 0 Å². The molecule has 3 aromatic rings. The van der Waals surface area contributed by atoms with Gasteiger partial charge in [-0.1, -0.05) is 23.7 Å². The van der Waals surface area contributed by atoms with E-state index in [4.69, 9.17) is 21.1 Å². The van der Waals surface area contributed by atoms with Gasteiger partial charge < -0.3 is 14.6 Å². The Hall–Kier alpha value is -2.48. The Bertz CT molecular complexity index is 1060. The lowest BCUT2D eigenvalue weighted by Gasteiger charge is -2.19. The molecule has 2 aromatic carbocycles. The van der Waals surface area contributed by atoms with Crippen molar-refractivity contribution in [2.75, 3.05) is 13.7 Å². The number of aliphatic hydroxyl groups is 1. The summed E-state index contributed by atoms with van der Waals surface area (Å²) in [6.45, 7) is 3.42. The molecule has 0 bridgehead atoms. The minimum atomic E-state index is -0.971. The Morgan fingerprint density at radius 2 is 1.87 bits per heavy atom. The third-order valence-corrected chi connectivity index (χ3v) is 5.35. The SMILES string of the molecule is COc1cc(-n2ncc(SCc3ccc(Cl)cc3)cc2=O)ccc1OCC(C)(C)O. The van der Waals surface area contributed by atoms with Crippen LogP contribution in [0.4, 0.5) is 0 Å². The fourth-order valence-electron chi connectivity index (χ4n) is 2.57. The van der Waals surface area contributed by atoms with Crippen molar-refractivity contribution >= 4 is 23.4 Å². The fourth-order valence-corrected chi connectivity index (χ4v) is 3.53. The number of methoxy groups -OCH3 is 1. The first-order valence-corrected chi connectivity index (χ1v) is 10.6. The number of thioether (sulfide) groups is 1. The summed E-state index contributed by atoms with van der Waals surface area (Å²) < 4.78 is 12.3. The van der Waals surface area contributed by atoms with Crippen LogP contribution >= 0.6 is 23.4 Å². The van der Waals surface area contributed by atoms with E-state index in [9.17, 15) is 9.90 Å². The second-order valence-electron chi connectivity index (χ2n) is 7.29. The number of aromatic nitrogens is 2. The molecule has 0 aliphatic rings. The van der Waals surface area contributed by atoms with Gasteiger partial charge >= 0.3 is 0 Å². The van der Waals surface area contributed by atoms with Gasteiger partial charge in [-0.25, -0.2) is 0 Å². The summed E-state index contributed by atoms with van der Waals surface area (Å²) in [4.78, 5) is 13.4. The van der Waals surface area contributed by atoms with E-state index in [1.165, 1.54) is 23.6 Å². The molecule has 0 amide bonds. The largest absolute Gasteiger partial charge is 0.493 e. The van der Waals surface area contributed by atoms with E-state index in [0.29, 0.717) is 28.0 Å². The highest BCUT2D eigenvalue weighted by Crippen LogP contribution is 2.30. The molecule has 0 radical (unpaired) electrons. The molecule has 0 spiro atoms. The summed E-state index contributed by atoms with van der Waals surface area (Å²) in [5.41, 5.74) is 0.451. The van der Waals surface area contributed by atoms with Gasteiger partial charge in [0.05, 0.1) is 24.6 Å². The molecule has 0 saturated carbocycles. The summed E-state index contributed by atoms with van der Waals surface area (Å²) in [7, 11) is 1.52. The zero-order valence-corrected chi connectivity index (χ0v) is 18.5. The maximum absolute atomic E-state index is 12.6. The van der Waals surface area contributed by atoms with E-state index in [2.05, 4.69) is 5.10 Å². The van der Waals surface area contributed by atoms with Crippen LogP contribution in [0.3, 0.4) is 0 Å². The molecule has 1 aromatic heterocycles. The lowest BCUT2D eigenvalue weighted by atomic mass is 10.2. The molecule has 0 atom stereocenters. The van der Waals surface area contributed by atoms with Gasteiger partial charge in [0.15, 0.2) is 11.5 Å². The van der Waals surface area contributed by atoms with Crippen molar-refractivity contribution in [2.45, 2.75) is 30.1 Å². The highest BCUT2D eigenvalue weighted by molar-refractivity contribution is 7.98. The molecule has 0 unspecified atom stereocenters. The molecule has 158 valence electrons. The van der Waals surface area contributed by atoms with Crippen LogP contribution in [0.15, 0.2) is 64.4 Å². The monoisotopic (exact) mass is 446 g/mol. The molecular weight excluding hydrogens is 424 g/mol. The summed E-state index contributed by atoms with van der Waals surface area (Å²) in [6.07, 6.45) is 1.66. The first kappa shape index (κ1) is 22.2. The average molecular weight is 447 g/mol. The molecule has 0 aliphatic heterocycles. The summed E-state index contributed by atoms with van der Waals surface area (Å²) >= 11 is 7.43. The van der Waals surface area contributed by atoms with Gasteiger partial charge in [0.1, 0.15) is 6.61 Å². The Morgan fingerprint density at radius 1 is 1.13 bits per heavy atom. The van der Waals surface area contributed by atoms with Crippen LogP contribution in [0.5, 0.6) is 11.5 Å². The molecule has 0 aliphatic carbocycles. The third kappa shape index (κ3) is 6.01. The Morgan fingerprint density at radius 3 is 2.50 bits per heavy atom. The molecule has 3 rings (SSSR count). The molecule has 1 heterocycles. The maximum atomic E-state index is 12.6. The predicted octanol–water partition coefficient (Wildman–Crippen LogP) is 4.34. The summed E-state index contributed by atoms with van der Waals surface area (Å²) in [5.74, 6) is 1.64. The van der Waals surface area contributed by atoms with Gasteiger partial charge in [-0.05, 0) is 43.7 Å². The third-order valence-electron chi connectivity index (χ3n) is 4.07. The minimum absolute atomic E-state index is 0.112. The van der Waals surface area contributed by atoms with Gasteiger partial charge in [0, 0.05) is 27.8 Å². The molecule has 30 heavy (non-hydrogen) atoms. The molecule has 6 nitrogen and oxygen atoms in total. The van der Waals surface area contributed by atoms with Crippen LogP contribution in [0, 0.1) is 0 Å². The van der Waals surface area contributed by atoms with E-state index in [1.54, 1.807) is 44.3 Å². The van der Waals surface area contributed by atoms with Crippen molar-refractivity contribution in [3.8, 4) is 17.2 Å². The zero-order valence-electron chi connectivity index (χ0n) is 17.0. The quantitative estimate of drug-likeness (QED) is 0.519. The normalized spacial score (nSPS) is 11.4. The fraction of sp³-hybridized carbons (Fsp3) is 0.273. The van der Waals surface area contributed by atoms with E-state index in [0.717, 1.165) is 10.5 Å². The van der Waals surface area contributed by atoms with E-state index in [-0.39, 0.29) is 12.2 Å². The van der Waals surface area contributed by atoms with Crippen LogP contribution in [-0.2, 0) is 5.75 Å². The lowest BCUT2D eigenvalue weighted by molar-refractivity contribution is 0.0276. The van der Waals surface area contributed by atoms with Crippen molar-refractivity contribution in [1.82, 2.24) is 9.78 Å².